The fraction of sp³-hybridized carbons (Fsp3) is 0.273. The number of rotatable bonds is 6. The lowest BCUT2D eigenvalue weighted by Gasteiger charge is -2.20. The lowest BCUT2D eigenvalue weighted by molar-refractivity contribution is 0.729. The molecule has 0 aliphatic heterocycles. The molecule has 0 saturated carbocycles. The van der Waals surface area contributed by atoms with E-state index in [4.69, 9.17) is 0 Å². The van der Waals surface area contributed by atoms with E-state index in [1.807, 2.05) is 6.92 Å². The van der Waals surface area contributed by atoms with Gasteiger partial charge in [0.15, 0.2) is 5.96 Å². The lowest BCUT2D eigenvalue weighted by atomic mass is 9.91. The number of thiazole rings is 1. The zero-order valence-corrected chi connectivity index (χ0v) is 19.6. The highest BCUT2D eigenvalue weighted by atomic mass is 127. The van der Waals surface area contributed by atoms with Crippen LogP contribution >= 0.6 is 35.3 Å². The van der Waals surface area contributed by atoms with Crippen molar-refractivity contribution in [2.24, 2.45) is 4.99 Å². The molecule has 0 saturated heterocycles. The number of aliphatic imine (C=N–C) groups is 1. The minimum absolute atomic E-state index is 0. The molecule has 0 radical (unpaired) electrons. The van der Waals surface area contributed by atoms with Crippen molar-refractivity contribution in [1.29, 1.82) is 0 Å². The second kappa shape index (κ2) is 11.2. The average molecular weight is 506 g/mol. The van der Waals surface area contributed by atoms with Gasteiger partial charge in [-0.05, 0) is 25.0 Å². The minimum atomic E-state index is 0. The maximum absolute atomic E-state index is 4.49. The molecule has 0 aliphatic carbocycles. The predicted molar refractivity (Wildman–Crippen MR) is 130 cm³/mol. The minimum Gasteiger partial charge on any atom is -0.355 e. The van der Waals surface area contributed by atoms with Gasteiger partial charge in [0, 0.05) is 24.4 Å². The molecule has 1 aromatic heterocycles. The zero-order chi connectivity index (χ0) is 19.1. The number of guanidine groups is 1. The summed E-state index contributed by atoms with van der Waals surface area (Å²) in [5.74, 6) is 1.07. The van der Waals surface area contributed by atoms with Gasteiger partial charge >= 0.3 is 0 Å². The van der Waals surface area contributed by atoms with Crippen molar-refractivity contribution in [2.45, 2.75) is 26.3 Å². The van der Waals surface area contributed by atoms with Crippen LogP contribution in [0, 0.1) is 13.8 Å². The quantitative estimate of drug-likeness (QED) is 0.285. The zero-order valence-electron chi connectivity index (χ0n) is 16.5. The van der Waals surface area contributed by atoms with Crippen molar-refractivity contribution < 1.29 is 0 Å². The Morgan fingerprint density at radius 2 is 1.54 bits per heavy atom. The number of aromatic nitrogens is 1. The van der Waals surface area contributed by atoms with Crippen LogP contribution in [0.5, 0.6) is 0 Å². The highest BCUT2D eigenvalue weighted by Crippen LogP contribution is 2.23. The maximum Gasteiger partial charge on any atom is 0.191 e. The van der Waals surface area contributed by atoms with E-state index in [9.17, 15) is 0 Å². The number of benzene rings is 2. The number of aryl methyl sites for hydroxylation is 2. The topological polar surface area (TPSA) is 49.3 Å². The van der Waals surface area contributed by atoms with Gasteiger partial charge in [0.1, 0.15) is 0 Å². The third kappa shape index (κ3) is 6.04. The van der Waals surface area contributed by atoms with Gasteiger partial charge in [-0.2, -0.15) is 0 Å². The summed E-state index contributed by atoms with van der Waals surface area (Å²) in [6.45, 7) is 5.60. The number of nitrogens with one attached hydrogen (secondary N) is 2. The number of nitrogens with zero attached hydrogens (tertiary/aromatic N) is 2. The Morgan fingerprint density at radius 3 is 2.00 bits per heavy atom. The summed E-state index contributed by atoms with van der Waals surface area (Å²) in [7, 11) is 1.81. The van der Waals surface area contributed by atoms with Crippen molar-refractivity contribution in [3.05, 3.63) is 87.4 Å². The van der Waals surface area contributed by atoms with E-state index in [0.717, 1.165) is 29.8 Å². The Balaban J connectivity index is 0.00000280. The highest BCUT2D eigenvalue weighted by molar-refractivity contribution is 14.0. The van der Waals surface area contributed by atoms with Crippen LogP contribution in [-0.2, 0) is 6.54 Å². The van der Waals surface area contributed by atoms with Crippen molar-refractivity contribution in [2.75, 3.05) is 13.6 Å². The number of halogens is 1. The van der Waals surface area contributed by atoms with Crippen LogP contribution in [0.15, 0.2) is 65.7 Å². The molecule has 148 valence electrons. The molecular weight excluding hydrogens is 479 g/mol. The van der Waals surface area contributed by atoms with Gasteiger partial charge in [0.2, 0.25) is 0 Å². The lowest BCUT2D eigenvalue weighted by Crippen LogP contribution is -2.39. The third-order valence-corrected chi connectivity index (χ3v) is 5.59. The first-order valence-electron chi connectivity index (χ1n) is 9.14. The first-order valence-corrected chi connectivity index (χ1v) is 9.96. The van der Waals surface area contributed by atoms with E-state index < -0.39 is 0 Å². The fourth-order valence-corrected chi connectivity index (χ4v) is 4.00. The van der Waals surface area contributed by atoms with E-state index in [1.54, 1.807) is 18.4 Å². The van der Waals surface area contributed by atoms with E-state index in [1.165, 1.54) is 16.0 Å². The molecular formula is C22H27IN4S. The maximum atomic E-state index is 4.49. The summed E-state index contributed by atoms with van der Waals surface area (Å²) in [6.07, 6.45) is 0. The standard InChI is InChI=1S/C22H26N4S.HI/c1-16-21(27-17(2)26-16)15-25-22(23-3)24-14-20(18-10-6-4-7-11-18)19-12-8-5-9-13-19;/h4-13,20H,14-15H2,1-3H3,(H2,23,24,25);1H. The molecule has 4 nitrogen and oxygen atoms in total. The molecule has 0 amide bonds. The average Bonchev–Trinajstić information content (AvgIpc) is 3.03. The molecule has 0 atom stereocenters. The molecule has 0 bridgehead atoms. The van der Waals surface area contributed by atoms with Crippen molar-refractivity contribution >= 4 is 41.3 Å². The predicted octanol–water partition coefficient (Wildman–Crippen LogP) is 4.88. The molecule has 6 heteroatoms. The van der Waals surface area contributed by atoms with Crippen LogP contribution in [-0.4, -0.2) is 24.5 Å². The molecule has 0 spiro atoms. The van der Waals surface area contributed by atoms with Gasteiger partial charge < -0.3 is 10.6 Å². The molecule has 1 heterocycles. The van der Waals surface area contributed by atoms with Crippen LogP contribution in [0.2, 0.25) is 0 Å². The Kier molecular flexibility index (Phi) is 8.92. The van der Waals surface area contributed by atoms with Crippen LogP contribution in [0.1, 0.15) is 32.6 Å². The Labute approximate surface area is 188 Å². The Bertz CT molecular complexity index is 839. The van der Waals surface area contributed by atoms with Crippen molar-refractivity contribution in [1.82, 2.24) is 15.6 Å². The van der Waals surface area contributed by atoms with E-state index in [-0.39, 0.29) is 29.9 Å². The summed E-state index contributed by atoms with van der Waals surface area (Å²) >= 11 is 1.73. The van der Waals surface area contributed by atoms with E-state index in [2.05, 4.69) is 88.2 Å². The first kappa shape index (κ1) is 22.4. The number of hydrogen-bond donors (Lipinski definition) is 2. The molecule has 3 rings (SSSR count). The molecule has 2 N–H and O–H groups in total. The largest absolute Gasteiger partial charge is 0.355 e. The van der Waals surface area contributed by atoms with Gasteiger partial charge in [-0.15, -0.1) is 35.3 Å². The first-order chi connectivity index (χ1) is 13.2. The monoisotopic (exact) mass is 506 g/mol. The Hall–Kier alpha value is -1.93. The summed E-state index contributed by atoms with van der Waals surface area (Å²) in [4.78, 5) is 10.1. The number of hydrogen-bond acceptors (Lipinski definition) is 3. The van der Waals surface area contributed by atoms with Crippen LogP contribution in [0.4, 0.5) is 0 Å². The SMILES string of the molecule is CN=C(NCc1sc(C)nc1C)NCC(c1ccccc1)c1ccccc1.I. The summed E-state index contributed by atoms with van der Waals surface area (Å²) in [6, 6.07) is 21.2. The molecule has 3 aromatic rings. The molecule has 28 heavy (non-hydrogen) atoms. The van der Waals surface area contributed by atoms with E-state index >= 15 is 0 Å². The Morgan fingerprint density at radius 1 is 0.964 bits per heavy atom. The fourth-order valence-electron chi connectivity index (χ4n) is 3.12. The second-order valence-corrected chi connectivity index (χ2v) is 7.71. The van der Waals surface area contributed by atoms with Crippen LogP contribution in [0.3, 0.4) is 0 Å². The van der Waals surface area contributed by atoms with Crippen molar-refractivity contribution in [3.63, 3.8) is 0 Å². The second-order valence-electron chi connectivity index (χ2n) is 6.42. The van der Waals surface area contributed by atoms with Gasteiger partial charge in [-0.25, -0.2) is 4.98 Å². The van der Waals surface area contributed by atoms with Crippen LogP contribution < -0.4 is 10.6 Å². The molecule has 2 aromatic carbocycles. The van der Waals surface area contributed by atoms with E-state index in [0.29, 0.717) is 0 Å². The summed E-state index contributed by atoms with van der Waals surface area (Å²) in [5, 5.41) is 7.99. The summed E-state index contributed by atoms with van der Waals surface area (Å²) in [5.41, 5.74) is 3.67. The van der Waals surface area contributed by atoms with Crippen molar-refractivity contribution in [3.8, 4) is 0 Å². The third-order valence-electron chi connectivity index (χ3n) is 4.52. The smallest absolute Gasteiger partial charge is 0.191 e. The normalized spacial score (nSPS) is 11.2. The van der Waals surface area contributed by atoms with Crippen LogP contribution in [0.25, 0.3) is 0 Å². The highest BCUT2D eigenvalue weighted by Gasteiger charge is 2.14. The van der Waals surface area contributed by atoms with Gasteiger partial charge in [-0.3, -0.25) is 4.99 Å². The van der Waals surface area contributed by atoms with Gasteiger partial charge in [-0.1, -0.05) is 60.7 Å². The van der Waals surface area contributed by atoms with Gasteiger partial charge in [0.25, 0.3) is 0 Å². The molecule has 0 unspecified atom stereocenters. The molecule has 0 fully saturated rings. The van der Waals surface area contributed by atoms with Gasteiger partial charge in [0.05, 0.1) is 17.2 Å². The molecule has 0 aliphatic rings. The summed E-state index contributed by atoms with van der Waals surface area (Å²) < 4.78 is 0.